The van der Waals surface area contributed by atoms with Crippen molar-refractivity contribution in [1.29, 1.82) is 0 Å². The molecule has 0 radical (unpaired) electrons. The van der Waals surface area contributed by atoms with E-state index in [0.717, 1.165) is 27.9 Å². The molecule has 1 atom stereocenters. The van der Waals surface area contributed by atoms with Crippen molar-refractivity contribution < 1.29 is 13.9 Å². The lowest BCUT2D eigenvalue weighted by Gasteiger charge is -2.21. The predicted molar refractivity (Wildman–Crippen MR) is 140 cm³/mol. The van der Waals surface area contributed by atoms with Crippen LogP contribution in [0.1, 0.15) is 33.4 Å². The number of para-hydroxylation sites is 1. The molecular formula is C29H25FN4O2. The van der Waals surface area contributed by atoms with Crippen LogP contribution in [-0.2, 0) is 0 Å². The van der Waals surface area contributed by atoms with E-state index < -0.39 is 6.04 Å². The van der Waals surface area contributed by atoms with E-state index in [9.17, 15) is 9.18 Å². The number of nitrogens with one attached hydrogen (secondary N) is 3. The maximum Gasteiger partial charge on any atom is 0.255 e. The number of pyridine rings is 1. The summed E-state index contributed by atoms with van der Waals surface area (Å²) in [7, 11) is 1.58. The maximum absolute atomic E-state index is 14.6. The molecule has 1 unspecified atom stereocenters. The Bertz CT molecular complexity index is 1510. The number of hydrogen-bond acceptors (Lipinski definition) is 4. The van der Waals surface area contributed by atoms with Gasteiger partial charge in [-0.05, 0) is 73.7 Å². The first-order valence-electron chi connectivity index (χ1n) is 11.5. The summed E-state index contributed by atoms with van der Waals surface area (Å²) in [6, 6.07) is 24.4. The molecule has 5 rings (SSSR count). The van der Waals surface area contributed by atoms with E-state index in [-0.39, 0.29) is 11.7 Å². The molecule has 0 spiro atoms. The molecule has 0 aliphatic rings. The van der Waals surface area contributed by atoms with Crippen LogP contribution >= 0.6 is 0 Å². The van der Waals surface area contributed by atoms with Gasteiger partial charge < -0.3 is 20.4 Å². The highest BCUT2D eigenvalue weighted by molar-refractivity contribution is 6.05. The van der Waals surface area contributed by atoms with Crippen molar-refractivity contribution in [2.45, 2.75) is 13.0 Å². The van der Waals surface area contributed by atoms with Gasteiger partial charge in [0.05, 0.1) is 24.5 Å². The van der Waals surface area contributed by atoms with Crippen molar-refractivity contribution in [2.75, 3.05) is 17.7 Å². The number of H-pyrrole nitrogens is 1. The Morgan fingerprint density at radius 3 is 2.50 bits per heavy atom. The van der Waals surface area contributed by atoms with Crippen molar-refractivity contribution in [2.24, 2.45) is 0 Å². The fourth-order valence-corrected chi connectivity index (χ4v) is 4.32. The molecule has 7 heteroatoms. The average molecular weight is 481 g/mol. The topological polar surface area (TPSA) is 79.0 Å². The van der Waals surface area contributed by atoms with E-state index in [1.54, 1.807) is 55.8 Å². The number of anilines is 2. The lowest BCUT2D eigenvalue weighted by molar-refractivity contribution is 0.102. The number of carbonyl (C=O) groups excluding carboxylic acids is 1. The number of nitrogens with zero attached hydrogens (tertiary/aromatic N) is 1. The van der Waals surface area contributed by atoms with Crippen LogP contribution in [0.4, 0.5) is 15.8 Å². The van der Waals surface area contributed by atoms with Gasteiger partial charge in [0.1, 0.15) is 11.6 Å². The first kappa shape index (κ1) is 23.1. The van der Waals surface area contributed by atoms with E-state index >= 15 is 0 Å². The third-order valence-electron chi connectivity index (χ3n) is 6.09. The van der Waals surface area contributed by atoms with Crippen molar-refractivity contribution in [3.63, 3.8) is 0 Å². The lowest BCUT2D eigenvalue weighted by Crippen LogP contribution is -2.15. The van der Waals surface area contributed by atoms with Crippen LogP contribution in [-0.4, -0.2) is 23.0 Å². The maximum atomic E-state index is 14.6. The van der Waals surface area contributed by atoms with Crippen LogP contribution < -0.4 is 15.4 Å². The van der Waals surface area contributed by atoms with Gasteiger partial charge in [-0.3, -0.25) is 9.78 Å². The number of rotatable bonds is 7. The second-order valence-electron chi connectivity index (χ2n) is 8.42. The Kier molecular flexibility index (Phi) is 6.36. The summed E-state index contributed by atoms with van der Waals surface area (Å²) < 4.78 is 19.8. The molecule has 6 nitrogen and oxygen atoms in total. The normalized spacial score (nSPS) is 11.8. The molecular weight excluding hydrogens is 455 g/mol. The number of hydrogen-bond donors (Lipinski definition) is 3. The molecule has 0 saturated carbocycles. The van der Waals surface area contributed by atoms with Gasteiger partial charge in [0.25, 0.3) is 5.91 Å². The minimum atomic E-state index is -0.426. The number of benzene rings is 3. The number of methoxy groups -OCH3 is 1. The van der Waals surface area contributed by atoms with E-state index in [1.165, 1.54) is 6.07 Å². The lowest BCUT2D eigenvalue weighted by atomic mass is 9.98. The number of carbonyl (C=O) groups is 1. The zero-order valence-electron chi connectivity index (χ0n) is 19.9. The van der Waals surface area contributed by atoms with E-state index in [2.05, 4.69) is 20.6 Å². The summed E-state index contributed by atoms with van der Waals surface area (Å²) in [4.78, 5) is 20.8. The smallest absolute Gasteiger partial charge is 0.255 e. The monoisotopic (exact) mass is 480 g/mol. The summed E-state index contributed by atoms with van der Waals surface area (Å²) in [6.07, 6.45) is 1.72. The predicted octanol–water partition coefficient (Wildman–Crippen LogP) is 6.47. The highest BCUT2D eigenvalue weighted by Gasteiger charge is 2.23. The summed E-state index contributed by atoms with van der Waals surface area (Å²) in [5, 5.41) is 7.21. The minimum Gasteiger partial charge on any atom is -0.497 e. The number of halogens is 1. The molecule has 0 fully saturated rings. The van der Waals surface area contributed by atoms with Crippen LogP contribution in [0.25, 0.3) is 10.9 Å². The van der Waals surface area contributed by atoms with Gasteiger partial charge in [0.15, 0.2) is 0 Å². The first-order valence-corrected chi connectivity index (χ1v) is 11.5. The van der Waals surface area contributed by atoms with E-state index in [4.69, 9.17) is 4.74 Å². The summed E-state index contributed by atoms with van der Waals surface area (Å²) in [5.74, 6) is 0.114. The van der Waals surface area contributed by atoms with E-state index in [0.29, 0.717) is 22.7 Å². The SMILES string of the molecule is COc1ccc(C(=O)Nc2ccc3[nH]c(C)c(C(Nc4ccccc4F)c4ccccn4)c3c2)cc1. The number of aryl methyl sites for hydroxylation is 1. The molecule has 3 N–H and O–H groups in total. The Labute approximate surface area is 208 Å². The number of ether oxygens (including phenoxy) is 1. The van der Waals surface area contributed by atoms with Gasteiger partial charge in [-0.2, -0.15) is 0 Å². The standard InChI is InChI=1S/C29H25FN4O2/c1-18-27(28(26-9-5-6-16-31-26)34-25-8-4-3-7-23(25)30)22-17-20(12-15-24(22)32-18)33-29(35)19-10-13-21(36-2)14-11-19/h3-17,28,32,34H,1-2H3,(H,33,35). The molecule has 3 aromatic carbocycles. The van der Waals surface area contributed by atoms with Crippen LogP contribution in [0, 0.1) is 12.7 Å². The molecule has 2 heterocycles. The third-order valence-corrected chi connectivity index (χ3v) is 6.09. The highest BCUT2D eigenvalue weighted by Crippen LogP contribution is 2.35. The third kappa shape index (κ3) is 4.63. The fraction of sp³-hybridized carbons (Fsp3) is 0.103. The molecule has 0 aliphatic carbocycles. The second kappa shape index (κ2) is 9.92. The van der Waals surface area contributed by atoms with Crippen molar-refractivity contribution in [1.82, 2.24) is 9.97 Å². The molecule has 0 bridgehead atoms. The van der Waals surface area contributed by atoms with Crippen LogP contribution in [0.5, 0.6) is 5.75 Å². The zero-order valence-corrected chi connectivity index (χ0v) is 19.9. The van der Waals surface area contributed by atoms with Crippen LogP contribution in [0.3, 0.4) is 0 Å². The quantitative estimate of drug-likeness (QED) is 0.249. The van der Waals surface area contributed by atoms with Gasteiger partial charge in [-0.1, -0.05) is 18.2 Å². The second-order valence-corrected chi connectivity index (χ2v) is 8.42. The van der Waals surface area contributed by atoms with Gasteiger partial charge in [-0.15, -0.1) is 0 Å². The first-order chi connectivity index (χ1) is 17.5. The highest BCUT2D eigenvalue weighted by atomic mass is 19.1. The van der Waals surface area contributed by atoms with E-state index in [1.807, 2.05) is 43.3 Å². The number of fused-ring (bicyclic) bond motifs is 1. The molecule has 180 valence electrons. The summed E-state index contributed by atoms with van der Waals surface area (Å²) in [6.45, 7) is 1.98. The van der Waals surface area contributed by atoms with Crippen LogP contribution in [0.15, 0.2) is 91.1 Å². The molecule has 36 heavy (non-hydrogen) atoms. The molecule has 0 aliphatic heterocycles. The summed E-state index contributed by atoms with van der Waals surface area (Å²) >= 11 is 0. The molecule has 0 saturated heterocycles. The number of aromatic nitrogens is 2. The van der Waals surface area contributed by atoms with Gasteiger partial charge in [0, 0.05) is 39.6 Å². The Balaban J connectivity index is 1.54. The van der Waals surface area contributed by atoms with Crippen molar-refractivity contribution in [3.05, 3.63) is 119 Å². The largest absolute Gasteiger partial charge is 0.497 e. The minimum absolute atomic E-state index is 0.225. The van der Waals surface area contributed by atoms with Crippen molar-refractivity contribution in [3.8, 4) is 5.75 Å². The van der Waals surface area contributed by atoms with Gasteiger partial charge in [-0.25, -0.2) is 4.39 Å². The zero-order chi connectivity index (χ0) is 25.1. The average Bonchev–Trinajstić information content (AvgIpc) is 3.23. The Morgan fingerprint density at radius 2 is 1.78 bits per heavy atom. The fourth-order valence-electron chi connectivity index (χ4n) is 4.32. The molecule has 1 amide bonds. The molecule has 2 aromatic heterocycles. The Morgan fingerprint density at radius 1 is 1.00 bits per heavy atom. The van der Waals surface area contributed by atoms with Gasteiger partial charge >= 0.3 is 0 Å². The van der Waals surface area contributed by atoms with Gasteiger partial charge in [0.2, 0.25) is 0 Å². The molecule has 5 aromatic rings. The summed E-state index contributed by atoms with van der Waals surface area (Å²) in [5.41, 5.74) is 5.04. The van der Waals surface area contributed by atoms with Crippen LogP contribution in [0.2, 0.25) is 0 Å². The number of aromatic amines is 1. The van der Waals surface area contributed by atoms with Crippen molar-refractivity contribution >= 4 is 28.2 Å². The number of amides is 1. The Hall–Kier alpha value is -4.65.